The molecule has 112 valence electrons. The topological polar surface area (TPSA) is 91.4 Å². The van der Waals surface area contributed by atoms with Crippen LogP contribution in [-0.2, 0) is 20.7 Å². The number of benzene rings is 1. The van der Waals surface area contributed by atoms with Gasteiger partial charge in [0, 0.05) is 25.2 Å². The van der Waals surface area contributed by atoms with Crippen molar-refractivity contribution in [2.24, 2.45) is 0 Å². The molecule has 1 heterocycles. The summed E-state index contributed by atoms with van der Waals surface area (Å²) >= 11 is 0. The lowest BCUT2D eigenvalue weighted by Gasteiger charge is -2.13. The first-order valence-electron chi connectivity index (χ1n) is 6.67. The zero-order chi connectivity index (χ0) is 15.2. The molecule has 2 aromatic rings. The van der Waals surface area contributed by atoms with Crippen molar-refractivity contribution >= 4 is 22.8 Å². The summed E-state index contributed by atoms with van der Waals surface area (Å²) in [5.41, 5.74) is 2.09. The fourth-order valence-corrected chi connectivity index (χ4v) is 2.12. The Kier molecular flexibility index (Phi) is 4.94. The molecule has 1 atom stereocenters. The van der Waals surface area contributed by atoms with Gasteiger partial charge in [-0.3, -0.25) is 4.79 Å². The molecule has 0 saturated carbocycles. The molecule has 6 heteroatoms. The SMILES string of the molecule is COCC(NC(=O)CCc1ccc2[nH]ccc2c1)C(=O)O. The van der Waals surface area contributed by atoms with Gasteiger partial charge in [0.1, 0.15) is 0 Å². The van der Waals surface area contributed by atoms with Gasteiger partial charge in [0.25, 0.3) is 0 Å². The highest BCUT2D eigenvalue weighted by Gasteiger charge is 2.19. The van der Waals surface area contributed by atoms with Crippen molar-refractivity contribution in [1.82, 2.24) is 10.3 Å². The zero-order valence-corrected chi connectivity index (χ0v) is 11.8. The van der Waals surface area contributed by atoms with E-state index in [-0.39, 0.29) is 18.9 Å². The zero-order valence-electron chi connectivity index (χ0n) is 11.8. The molecule has 1 aromatic carbocycles. The Labute approximate surface area is 122 Å². The Balaban J connectivity index is 1.89. The Morgan fingerprint density at radius 3 is 2.90 bits per heavy atom. The van der Waals surface area contributed by atoms with E-state index >= 15 is 0 Å². The number of rotatable bonds is 7. The van der Waals surface area contributed by atoms with Gasteiger partial charge in [-0.05, 0) is 35.6 Å². The van der Waals surface area contributed by atoms with E-state index in [1.165, 1.54) is 7.11 Å². The number of methoxy groups -OCH3 is 1. The molecular weight excluding hydrogens is 272 g/mol. The first kappa shape index (κ1) is 15.1. The molecule has 1 unspecified atom stereocenters. The second-order valence-electron chi connectivity index (χ2n) is 4.81. The van der Waals surface area contributed by atoms with Gasteiger partial charge < -0.3 is 20.1 Å². The van der Waals surface area contributed by atoms with E-state index in [1.54, 1.807) is 0 Å². The van der Waals surface area contributed by atoms with E-state index in [0.717, 1.165) is 16.5 Å². The molecule has 1 aromatic heterocycles. The van der Waals surface area contributed by atoms with E-state index < -0.39 is 12.0 Å². The van der Waals surface area contributed by atoms with E-state index in [0.29, 0.717) is 6.42 Å². The fourth-order valence-electron chi connectivity index (χ4n) is 2.12. The van der Waals surface area contributed by atoms with Crippen LogP contribution in [0.1, 0.15) is 12.0 Å². The molecule has 0 aliphatic heterocycles. The number of fused-ring (bicyclic) bond motifs is 1. The molecule has 3 N–H and O–H groups in total. The van der Waals surface area contributed by atoms with E-state index in [9.17, 15) is 9.59 Å². The molecular formula is C15H18N2O4. The van der Waals surface area contributed by atoms with Crippen LogP contribution in [-0.4, -0.2) is 41.7 Å². The minimum atomic E-state index is -1.10. The maximum atomic E-state index is 11.8. The third kappa shape index (κ3) is 4.06. The highest BCUT2D eigenvalue weighted by molar-refractivity contribution is 5.84. The summed E-state index contributed by atoms with van der Waals surface area (Å²) in [4.78, 5) is 25.8. The molecule has 0 spiro atoms. The third-order valence-corrected chi connectivity index (χ3v) is 3.23. The van der Waals surface area contributed by atoms with Gasteiger partial charge in [0.05, 0.1) is 6.61 Å². The van der Waals surface area contributed by atoms with Crippen LogP contribution in [0.25, 0.3) is 10.9 Å². The van der Waals surface area contributed by atoms with Crippen LogP contribution >= 0.6 is 0 Å². The molecule has 2 rings (SSSR count). The number of aryl methyl sites for hydroxylation is 1. The summed E-state index contributed by atoms with van der Waals surface area (Å²) in [7, 11) is 1.40. The number of H-pyrrole nitrogens is 1. The highest BCUT2D eigenvalue weighted by Crippen LogP contribution is 2.15. The number of carboxylic acids is 1. The number of amides is 1. The third-order valence-electron chi connectivity index (χ3n) is 3.23. The van der Waals surface area contributed by atoms with Gasteiger partial charge in [-0.15, -0.1) is 0 Å². The first-order chi connectivity index (χ1) is 10.1. The quantitative estimate of drug-likeness (QED) is 0.717. The summed E-state index contributed by atoms with van der Waals surface area (Å²) in [6.07, 6.45) is 2.67. The minimum absolute atomic E-state index is 0.0453. The standard InChI is InChI=1S/C15H18N2O4/c1-21-9-13(15(19)20)17-14(18)5-3-10-2-4-12-11(8-10)6-7-16-12/h2,4,6-8,13,16H,3,5,9H2,1H3,(H,17,18)(H,19,20). The summed E-state index contributed by atoms with van der Waals surface area (Å²) < 4.78 is 4.77. The summed E-state index contributed by atoms with van der Waals surface area (Å²) in [6.45, 7) is -0.0453. The lowest BCUT2D eigenvalue weighted by atomic mass is 10.1. The van der Waals surface area contributed by atoms with Gasteiger partial charge in [-0.25, -0.2) is 4.79 Å². The van der Waals surface area contributed by atoms with Crippen LogP contribution in [0.2, 0.25) is 0 Å². The fraction of sp³-hybridized carbons (Fsp3) is 0.333. The molecule has 0 bridgehead atoms. The Morgan fingerprint density at radius 2 is 2.19 bits per heavy atom. The van der Waals surface area contributed by atoms with Crippen molar-refractivity contribution in [2.45, 2.75) is 18.9 Å². The maximum Gasteiger partial charge on any atom is 0.328 e. The van der Waals surface area contributed by atoms with E-state index in [4.69, 9.17) is 9.84 Å². The predicted octanol–water partition coefficient (Wildman–Crippen LogP) is 1.32. The molecule has 0 aliphatic rings. The summed E-state index contributed by atoms with van der Waals surface area (Å²) in [5, 5.41) is 12.5. The molecule has 1 amide bonds. The molecule has 6 nitrogen and oxygen atoms in total. The number of aromatic nitrogens is 1. The van der Waals surface area contributed by atoms with Gasteiger partial charge in [-0.1, -0.05) is 6.07 Å². The van der Waals surface area contributed by atoms with Gasteiger partial charge in [0.15, 0.2) is 6.04 Å². The number of hydrogen-bond donors (Lipinski definition) is 3. The lowest BCUT2D eigenvalue weighted by molar-refractivity contribution is -0.143. The first-order valence-corrected chi connectivity index (χ1v) is 6.67. The number of carbonyl (C=O) groups is 2. The van der Waals surface area contributed by atoms with Crippen LogP contribution < -0.4 is 5.32 Å². The Morgan fingerprint density at radius 1 is 1.38 bits per heavy atom. The average molecular weight is 290 g/mol. The van der Waals surface area contributed by atoms with Gasteiger partial charge >= 0.3 is 5.97 Å². The Hall–Kier alpha value is -2.34. The van der Waals surface area contributed by atoms with Crippen molar-refractivity contribution in [1.29, 1.82) is 0 Å². The molecule has 0 fully saturated rings. The minimum Gasteiger partial charge on any atom is -0.480 e. The number of nitrogens with one attached hydrogen (secondary N) is 2. The number of carboxylic acid groups (broad SMARTS) is 1. The van der Waals surface area contributed by atoms with Gasteiger partial charge in [0.2, 0.25) is 5.91 Å². The van der Waals surface area contributed by atoms with Crippen LogP contribution in [0.3, 0.4) is 0 Å². The number of carbonyl (C=O) groups excluding carboxylic acids is 1. The maximum absolute atomic E-state index is 11.8. The smallest absolute Gasteiger partial charge is 0.328 e. The number of hydrogen-bond acceptors (Lipinski definition) is 3. The highest BCUT2D eigenvalue weighted by atomic mass is 16.5. The van der Waals surface area contributed by atoms with E-state index in [2.05, 4.69) is 10.3 Å². The normalized spacial score (nSPS) is 12.2. The monoisotopic (exact) mass is 290 g/mol. The van der Waals surface area contributed by atoms with Crippen LogP contribution in [0.15, 0.2) is 30.5 Å². The average Bonchev–Trinajstić information content (AvgIpc) is 2.92. The van der Waals surface area contributed by atoms with Crippen LogP contribution in [0.5, 0.6) is 0 Å². The van der Waals surface area contributed by atoms with E-state index in [1.807, 2.05) is 30.5 Å². The number of aliphatic carboxylic acids is 1. The molecule has 21 heavy (non-hydrogen) atoms. The predicted molar refractivity (Wildman–Crippen MR) is 78.1 cm³/mol. The largest absolute Gasteiger partial charge is 0.480 e. The van der Waals surface area contributed by atoms with Crippen molar-refractivity contribution in [2.75, 3.05) is 13.7 Å². The molecule has 0 aliphatic carbocycles. The molecule has 0 saturated heterocycles. The lowest BCUT2D eigenvalue weighted by Crippen LogP contribution is -2.43. The summed E-state index contributed by atoms with van der Waals surface area (Å²) in [5.74, 6) is -1.40. The van der Waals surface area contributed by atoms with Crippen molar-refractivity contribution < 1.29 is 19.4 Å². The van der Waals surface area contributed by atoms with Crippen molar-refractivity contribution in [3.8, 4) is 0 Å². The van der Waals surface area contributed by atoms with Crippen LogP contribution in [0.4, 0.5) is 0 Å². The van der Waals surface area contributed by atoms with Crippen molar-refractivity contribution in [3.05, 3.63) is 36.0 Å². The second-order valence-corrected chi connectivity index (χ2v) is 4.81. The van der Waals surface area contributed by atoms with Crippen molar-refractivity contribution in [3.63, 3.8) is 0 Å². The molecule has 0 radical (unpaired) electrons. The number of ether oxygens (including phenoxy) is 1. The Bertz CT molecular complexity index is 635. The second kappa shape index (κ2) is 6.90. The van der Waals surface area contributed by atoms with Gasteiger partial charge in [-0.2, -0.15) is 0 Å². The number of aromatic amines is 1. The summed E-state index contributed by atoms with van der Waals surface area (Å²) in [6, 6.07) is 6.90. The van der Waals surface area contributed by atoms with Crippen LogP contribution in [0, 0.1) is 0 Å².